The van der Waals surface area contributed by atoms with Crippen LogP contribution in [-0.4, -0.2) is 27.7 Å². The van der Waals surface area contributed by atoms with Gasteiger partial charge in [-0.3, -0.25) is 4.79 Å². The van der Waals surface area contributed by atoms with Crippen molar-refractivity contribution in [2.45, 2.75) is 89.0 Å². The van der Waals surface area contributed by atoms with Gasteiger partial charge in [-0.1, -0.05) is 25.3 Å². The number of aromatic amines is 1. The monoisotopic (exact) mass is 453 g/mol. The fourth-order valence-electron chi connectivity index (χ4n) is 4.43. The standard InChI is InChI=1S/C21H25F4N3O.C3H6/c22-20(23)6-5-13(9-20)2-4-18-27-16-3-1-14(7-17(16)28-18)12-26-19(29)8-15-10-21(24,25)11-15;1-2-3-1/h1,3,7,13,15H,2,4-6,8-12H2,(H,26,29)(H,27,28);1-3H2/t13-;/m0./s1. The van der Waals surface area contributed by atoms with Crippen molar-refractivity contribution in [1.82, 2.24) is 15.3 Å². The molecule has 8 heteroatoms. The lowest BCUT2D eigenvalue weighted by atomic mass is 9.79. The fourth-order valence-corrected chi connectivity index (χ4v) is 4.43. The lowest BCUT2D eigenvalue weighted by molar-refractivity contribution is -0.133. The first-order valence-electron chi connectivity index (χ1n) is 11.7. The van der Waals surface area contributed by atoms with Crippen LogP contribution < -0.4 is 5.32 Å². The quantitative estimate of drug-likeness (QED) is 0.494. The summed E-state index contributed by atoms with van der Waals surface area (Å²) >= 11 is 0. The largest absolute Gasteiger partial charge is 0.352 e. The average Bonchev–Trinajstić information content (AvgIpc) is 3.46. The molecular weight excluding hydrogens is 422 g/mol. The second-order valence-electron chi connectivity index (χ2n) is 9.71. The first-order chi connectivity index (χ1) is 15.2. The minimum atomic E-state index is -2.60. The Labute approximate surface area is 185 Å². The van der Waals surface area contributed by atoms with Crippen LogP contribution in [0, 0.1) is 11.8 Å². The van der Waals surface area contributed by atoms with Crippen LogP contribution in [0.1, 0.15) is 75.6 Å². The zero-order chi connectivity index (χ0) is 22.8. The molecule has 0 spiro atoms. The third-order valence-corrected chi connectivity index (χ3v) is 6.38. The molecule has 1 aromatic heterocycles. The molecular formula is C24H31F4N3O. The van der Waals surface area contributed by atoms with Gasteiger partial charge in [-0.05, 0) is 42.4 Å². The summed E-state index contributed by atoms with van der Waals surface area (Å²) in [7, 11) is 0. The Balaban J connectivity index is 0.000000754. The van der Waals surface area contributed by atoms with Gasteiger partial charge in [-0.2, -0.15) is 0 Å². The Morgan fingerprint density at radius 2 is 1.78 bits per heavy atom. The average molecular weight is 454 g/mol. The maximum Gasteiger partial charge on any atom is 0.248 e. The van der Waals surface area contributed by atoms with E-state index in [0.717, 1.165) is 22.4 Å². The highest BCUT2D eigenvalue weighted by molar-refractivity contribution is 5.78. The predicted molar refractivity (Wildman–Crippen MR) is 115 cm³/mol. The molecule has 0 saturated heterocycles. The number of imidazole rings is 1. The number of nitrogens with zero attached hydrogens (tertiary/aromatic N) is 1. The van der Waals surface area contributed by atoms with Gasteiger partial charge in [0.25, 0.3) is 0 Å². The highest BCUT2D eigenvalue weighted by Gasteiger charge is 2.45. The zero-order valence-corrected chi connectivity index (χ0v) is 18.2. The number of alkyl halides is 4. The van der Waals surface area contributed by atoms with Crippen LogP contribution >= 0.6 is 0 Å². The van der Waals surface area contributed by atoms with Crippen molar-refractivity contribution in [1.29, 1.82) is 0 Å². The number of carbonyl (C=O) groups is 1. The van der Waals surface area contributed by atoms with E-state index in [1.165, 1.54) is 19.3 Å². The smallest absolute Gasteiger partial charge is 0.248 e. The van der Waals surface area contributed by atoms with Gasteiger partial charge < -0.3 is 10.3 Å². The molecule has 4 nitrogen and oxygen atoms in total. The topological polar surface area (TPSA) is 57.8 Å². The summed E-state index contributed by atoms with van der Waals surface area (Å²) in [6.45, 7) is 0.323. The van der Waals surface area contributed by atoms with Crippen molar-refractivity contribution in [3.63, 3.8) is 0 Å². The van der Waals surface area contributed by atoms with Gasteiger partial charge >= 0.3 is 0 Å². The van der Waals surface area contributed by atoms with Gasteiger partial charge in [0.05, 0.1) is 11.0 Å². The van der Waals surface area contributed by atoms with E-state index in [1.54, 1.807) is 0 Å². The Kier molecular flexibility index (Phi) is 6.77. The second-order valence-corrected chi connectivity index (χ2v) is 9.71. The van der Waals surface area contributed by atoms with Crippen LogP contribution in [0.2, 0.25) is 0 Å². The van der Waals surface area contributed by atoms with Crippen molar-refractivity contribution in [2.75, 3.05) is 0 Å². The minimum Gasteiger partial charge on any atom is -0.352 e. The first kappa shape index (κ1) is 23.1. The third-order valence-electron chi connectivity index (χ3n) is 6.38. The number of aryl methyl sites for hydroxylation is 1. The number of benzene rings is 1. The number of hydrogen-bond donors (Lipinski definition) is 2. The minimum absolute atomic E-state index is 0.0178. The molecule has 1 aromatic carbocycles. The molecule has 1 amide bonds. The molecule has 3 aliphatic carbocycles. The highest BCUT2D eigenvalue weighted by atomic mass is 19.3. The second kappa shape index (κ2) is 9.40. The van der Waals surface area contributed by atoms with E-state index in [0.29, 0.717) is 25.8 Å². The van der Waals surface area contributed by atoms with E-state index in [4.69, 9.17) is 0 Å². The highest BCUT2D eigenvalue weighted by Crippen LogP contribution is 2.44. The summed E-state index contributed by atoms with van der Waals surface area (Å²) in [6.07, 6.45) is 6.06. The summed E-state index contributed by atoms with van der Waals surface area (Å²) in [5, 5.41) is 2.78. The van der Waals surface area contributed by atoms with E-state index < -0.39 is 11.8 Å². The van der Waals surface area contributed by atoms with Crippen molar-refractivity contribution in [3.8, 4) is 0 Å². The number of rotatable bonds is 7. The molecule has 0 aliphatic heterocycles. The number of halogens is 4. The van der Waals surface area contributed by atoms with Gasteiger partial charge in [0.2, 0.25) is 17.8 Å². The number of H-pyrrole nitrogens is 1. The molecule has 1 atom stereocenters. The van der Waals surface area contributed by atoms with E-state index in [9.17, 15) is 22.4 Å². The summed E-state index contributed by atoms with van der Waals surface area (Å²) in [6, 6.07) is 5.61. The lowest BCUT2D eigenvalue weighted by Crippen LogP contribution is -2.38. The fraction of sp³-hybridized carbons (Fsp3) is 0.667. The molecule has 2 N–H and O–H groups in total. The lowest BCUT2D eigenvalue weighted by Gasteiger charge is -2.34. The number of aromatic nitrogens is 2. The molecule has 0 bridgehead atoms. The van der Waals surface area contributed by atoms with Crippen LogP contribution in [0.5, 0.6) is 0 Å². The van der Waals surface area contributed by atoms with Crippen LogP contribution in [0.15, 0.2) is 18.2 Å². The van der Waals surface area contributed by atoms with Gasteiger partial charge in [0.15, 0.2) is 0 Å². The van der Waals surface area contributed by atoms with Crippen molar-refractivity contribution < 1.29 is 22.4 Å². The summed E-state index contributed by atoms with van der Waals surface area (Å²) in [5.41, 5.74) is 2.51. The third kappa shape index (κ3) is 6.69. The molecule has 2 aromatic rings. The van der Waals surface area contributed by atoms with Crippen LogP contribution in [0.4, 0.5) is 17.6 Å². The van der Waals surface area contributed by atoms with Crippen LogP contribution in [-0.2, 0) is 17.8 Å². The van der Waals surface area contributed by atoms with Gasteiger partial charge in [0, 0.05) is 45.1 Å². The Hall–Kier alpha value is -2.12. The van der Waals surface area contributed by atoms with E-state index in [2.05, 4.69) is 15.3 Å². The SMILES string of the molecule is C1CC1.O=C(CC1CC(F)(F)C1)NCc1ccc2nc(CC[C@H]3CCC(F)(F)C3)[nH]c2c1. The van der Waals surface area contributed by atoms with E-state index in [1.807, 2.05) is 18.2 Å². The van der Waals surface area contributed by atoms with E-state index in [-0.39, 0.29) is 49.8 Å². The first-order valence-corrected chi connectivity index (χ1v) is 11.7. The maximum atomic E-state index is 13.3. The number of amides is 1. The van der Waals surface area contributed by atoms with Crippen molar-refractivity contribution in [3.05, 3.63) is 29.6 Å². The summed E-state index contributed by atoms with van der Waals surface area (Å²) in [4.78, 5) is 19.7. The molecule has 0 unspecified atom stereocenters. The maximum absolute atomic E-state index is 13.3. The molecule has 1 heterocycles. The van der Waals surface area contributed by atoms with Crippen LogP contribution in [0.25, 0.3) is 11.0 Å². The molecule has 176 valence electrons. The molecule has 3 saturated carbocycles. The zero-order valence-electron chi connectivity index (χ0n) is 18.2. The predicted octanol–water partition coefficient (Wildman–Crippen LogP) is 6.15. The Morgan fingerprint density at radius 1 is 1.06 bits per heavy atom. The molecule has 5 rings (SSSR count). The van der Waals surface area contributed by atoms with Crippen molar-refractivity contribution in [2.24, 2.45) is 11.8 Å². The summed E-state index contributed by atoms with van der Waals surface area (Å²) in [5.74, 6) is -4.75. The Bertz CT molecular complexity index is 930. The summed E-state index contributed by atoms with van der Waals surface area (Å²) < 4.78 is 52.3. The number of fused-ring (bicyclic) bond motifs is 1. The number of nitrogens with one attached hydrogen (secondary N) is 2. The van der Waals surface area contributed by atoms with Gasteiger partial charge in [0.1, 0.15) is 5.82 Å². The van der Waals surface area contributed by atoms with Crippen molar-refractivity contribution >= 4 is 16.9 Å². The van der Waals surface area contributed by atoms with Gasteiger partial charge in [-0.15, -0.1) is 0 Å². The van der Waals surface area contributed by atoms with Crippen LogP contribution in [0.3, 0.4) is 0 Å². The van der Waals surface area contributed by atoms with E-state index >= 15 is 0 Å². The molecule has 3 aliphatic rings. The number of carbonyl (C=O) groups excluding carboxylic acids is 1. The molecule has 0 radical (unpaired) electrons. The number of hydrogen-bond acceptors (Lipinski definition) is 2. The molecule has 32 heavy (non-hydrogen) atoms. The van der Waals surface area contributed by atoms with Gasteiger partial charge in [-0.25, -0.2) is 22.5 Å². The Morgan fingerprint density at radius 3 is 2.41 bits per heavy atom. The normalized spacial score (nSPS) is 23.3. The molecule has 3 fully saturated rings.